The zero-order chi connectivity index (χ0) is 16.5. The smallest absolute Gasteiger partial charge is 0.0962 e. The van der Waals surface area contributed by atoms with E-state index in [1.807, 2.05) is 19.9 Å². The molecule has 2 unspecified atom stereocenters. The lowest BCUT2D eigenvalue weighted by Gasteiger charge is -2.17. The van der Waals surface area contributed by atoms with E-state index in [1.54, 1.807) is 6.20 Å². The lowest BCUT2D eigenvalue weighted by molar-refractivity contribution is 0.159. The van der Waals surface area contributed by atoms with Gasteiger partial charge in [-0.1, -0.05) is 52.0 Å². The standard InChI is InChI=1S/C18H25NO.C2H6/c1-4-6-14(11-13(2)3)15-8-9-17(20)18-16(12-15)7-5-10-19-18;1-2/h4-7,10-11,13,15,17,20H,8-9,12H2,1-3H3;1-2H3/b6-4-,14-11+;. The van der Waals surface area contributed by atoms with Crippen molar-refractivity contribution in [2.75, 3.05) is 0 Å². The molecular formula is C20H31NO. The van der Waals surface area contributed by atoms with Crippen LogP contribution in [0.5, 0.6) is 0 Å². The molecule has 0 aliphatic heterocycles. The first-order valence-corrected chi connectivity index (χ1v) is 8.58. The van der Waals surface area contributed by atoms with Gasteiger partial charge in [-0.15, -0.1) is 0 Å². The van der Waals surface area contributed by atoms with Crippen LogP contribution < -0.4 is 0 Å². The highest BCUT2D eigenvalue weighted by Crippen LogP contribution is 2.34. The molecule has 2 atom stereocenters. The van der Waals surface area contributed by atoms with E-state index in [0.717, 1.165) is 25.0 Å². The molecule has 22 heavy (non-hydrogen) atoms. The monoisotopic (exact) mass is 301 g/mol. The van der Waals surface area contributed by atoms with Gasteiger partial charge in [0.2, 0.25) is 0 Å². The Balaban J connectivity index is 0.00000116. The van der Waals surface area contributed by atoms with Gasteiger partial charge >= 0.3 is 0 Å². The maximum Gasteiger partial charge on any atom is 0.0962 e. The van der Waals surface area contributed by atoms with Crippen LogP contribution >= 0.6 is 0 Å². The number of hydrogen-bond acceptors (Lipinski definition) is 2. The van der Waals surface area contributed by atoms with E-state index >= 15 is 0 Å². The van der Waals surface area contributed by atoms with E-state index in [4.69, 9.17) is 0 Å². The highest BCUT2D eigenvalue weighted by atomic mass is 16.3. The highest BCUT2D eigenvalue weighted by molar-refractivity contribution is 5.30. The van der Waals surface area contributed by atoms with Crippen molar-refractivity contribution in [1.29, 1.82) is 0 Å². The van der Waals surface area contributed by atoms with Crippen molar-refractivity contribution in [2.45, 2.75) is 60.0 Å². The molecule has 122 valence electrons. The van der Waals surface area contributed by atoms with Gasteiger partial charge in [0.15, 0.2) is 0 Å². The van der Waals surface area contributed by atoms with Crippen molar-refractivity contribution in [1.82, 2.24) is 4.98 Å². The average Bonchev–Trinajstić information content (AvgIpc) is 2.68. The van der Waals surface area contributed by atoms with Crippen LogP contribution in [0.15, 0.2) is 42.1 Å². The zero-order valence-electron chi connectivity index (χ0n) is 14.7. The molecule has 0 saturated heterocycles. The number of fused-ring (bicyclic) bond motifs is 1. The summed E-state index contributed by atoms with van der Waals surface area (Å²) in [5.41, 5.74) is 3.47. The molecule has 2 rings (SSSR count). The van der Waals surface area contributed by atoms with Gasteiger partial charge in [-0.3, -0.25) is 4.98 Å². The van der Waals surface area contributed by atoms with E-state index in [9.17, 15) is 5.11 Å². The van der Waals surface area contributed by atoms with Crippen LogP contribution in [0.1, 0.15) is 64.8 Å². The molecule has 0 spiro atoms. The Bertz CT molecular complexity index is 502. The lowest BCUT2D eigenvalue weighted by Crippen LogP contribution is -2.07. The Morgan fingerprint density at radius 2 is 2.05 bits per heavy atom. The first kappa shape index (κ1) is 18.6. The van der Waals surface area contributed by atoms with Crippen LogP contribution in [0, 0.1) is 11.8 Å². The number of allylic oxidation sites excluding steroid dienone is 4. The van der Waals surface area contributed by atoms with Gasteiger partial charge in [0.25, 0.3) is 0 Å². The summed E-state index contributed by atoms with van der Waals surface area (Å²) in [5, 5.41) is 10.3. The Kier molecular flexibility index (Phi) is 8.11. The number of aromatic nitrogens is 1. The van der Waals surface area contributed by atoms with Crippen molar-refractivity contribution in [3.63, 3.8) is 0 Å². The maximum atomic E-state index is 10.3. The van der Waals surface area contributed by atoms with Crippen molar-refractivity contribution in [3.8, 4) is 0 Å². The molecule has 1 N–H and O–H groups in total. The fourth-order valence-corrected chi connectivity index (χ4v) is 2.98. The van der Waals surface area contributed by atoms with Crippen molar-refractivity contribution < 1.29 is 5.11 Å². The fraction of sp³-hybridized carbons (Fsp3) is 0.550. The van der Waals surface area contributed by atoms with E-state index in [2.05, 4.69) is 50.0 Å². The number of aliphatic hydroxyl groups excluding tert-OH is 1. The molecule has 0 fully saturated rings. The van der Waals surface area contributed by atoms with Crippen LogP contribution in [-0.2, 0) is 6.42 Å². The van der Waals surface area contributed by atoms with Gasteiger partial charge in [0, 0.05) is 6.20 Å². The Labute approximate surface area is 136 Å². The van der Waals surface area contributed by atoms with Crippen LogP contribution in [0.2, 0.25) is 0 Å². The van der Waals surface area contributed by atoms with Gasteiger partial charge in [0.05, 0.1) is 11.8 Å². The molecule has 2 nitrogen and oxygen atoms in total. The first-order valence-electron chi connectivity index (χ1n) is 8.58. The SMILES string of the molecule is C/C=C\C(=C/C(C)C)C1CCC(O)c2ncccc2C1.CC. The van der Waals surface area contributed by atoms with Crippen LogP contribution in [-0.4, -0.2) is 10.1 Å². The van der Waals surface area contributed by atoms with Gasteiger partial charge in [0.1, 0.15) is 0 Å². The second-order valence-electron chi connectivity index (χ2n) is 5.95. The predicted octanol–water partition coefficient (Wildman–Crippen LogP) is 5.25. The van der Waals surface area contributed by atoms with Gasteiger partial charge in [-0.05, 0) is 55.2 Å². The molecule has 0 amide bonds. The molecule has 0 radical (unpaired) electrons. The topological polar surface area (TPSA) is 33.1 Å². The minimum atomic E-state index is -0.415. The molecule has 0 saturated carbocycles. The molecule has 1 aliphatic carbocycles. The van der Waals surface area contributed by atoms with Gasteiger partial charge in [-0.2, -0.15) is 0 Å². The summed E-state index contributed by atoms with van der Waals surface area (Å²) in [6, 6.07) is 4.07. The second kappa shape index (κ2) is 9.58. The molecular weight excluding hydrogens is 270 g/mol. The summed E-state index contributed by atoms with van der Waals surface area (Å²) in [6.45, 7) is 10.5. The molecule has 1 aromatic rings. The van der Waals surface area contributed by atoms with Gasteiger partial charge < -0.3 is 5.11 Å². The summed E-state index contributed by atoms with van der Waals surface area (Å²) in [5.74, 6) is 1.02. The summed E-state index contributed by atoms with van der Waals surface area (Å²) >= 11 is 0. The van der Waals surface area contributed by atoms with Crippen LogP contribution in [0.3, 0.4) is 0 Å². The highest BCUT2D eigenvalue weighted by Gasteiger charge is 2.24. The zero-order valence-corrected chi connectivity index (χ0v) is 14.7. The molecule has 0 bridgehead atoms. The Morgan fingerprint density at radius 1 is 1.32 bits per heavy atom. The maximum absolute atomic E-state index is 10.3. The van der Waals surface area contributed by atoms with Crippen LogP contribution in [0.25, 0.3) is 0 Å². The number of hydrogen-bond donors (Lipinski definition) is 1. The summed E-state index contributed by atoms with van der Waals surface area (Å²) < 4.78 is 0. The van der Waals surface area contributed by atoms with Crippen molar-refractivity contribution in [3.05, 3.63) is 53.4 Å². The largest absolute Gasteiger partial charge is 0.387 e. The Morgan fingerprint density at radius 3 is 2.68 bits per heavy atom. The van der Waals surface area contributed by atoms with E-state index in [0.29, 0.717) is 11.8 Å². The number of nitrogens with zero attached hydrogens (tertiary/aromatic N) is 1. The molecule has 2 heteroatoms. The quantitative estimate of drug-likeness (QED) is 0.611. The van der Waals surface area contributed by atoms with E-state index in [1.165, 1.54) is 11.1 Å². The van der Waals surface area contributed by atoms with Gasteiger partial charge in [-0.25, -0.2) is 0 Å². The summed E-state index contributed by atoms with van der Waals surface area (Å²) in [7, 11) is 0. The fourth-order valence-electron chi connectivity index (χ4n) is 2.98. The molecule has 1 aliphatic rings. The summed E-state index contributed by atoms with van der Waals surface area (Å²) in [6.07, 6.45) is 10.8. The second-order valence-corrected chi connectivity index (χ2v) is 5.95. The molecule has 1 aromatic heterocycles. The van der Waals surface area contributed by atoms with Crippen molar-refractivity contribution >= 4 is 0 Å². The third-order valence-corrected chi connectivity index (χ3v) is 3.85. The normalized spacial score (nSPS) is 22.0. The predicted molar refractivity (Wildman–Crippen MR) is 94.7 cm³/mol. The molecule has 0 aromatic carbocycles. The lowest BCUT2D eigenvalue weighted by atomic mass is 9.88. The van der Waals surface area contributed by atoms with E-state index < -0.39 is 6.10 Å². The number of rotatable bonds is 3. The first-order chi connectivity index (χ1) is 10.6. The van der Waals surface area contributed by atoms with Crippen LogP contribution in [0.4, 0.5) is 0 Å². The summed E-state index contributed by atoms with van der Waals surface area (Å²) in [4.78, 5) is 4.37. The van der Waals surface area contributed by atoms with Crippen molar-refractivity contribution in [2.24, 2.45) is 11.8 Å². The molecule has 1 heterocycles. The minimum Gasteiger partial charge on any atom is -0.387 e. The minimum absolute atomic E-state index is 0.415. The average molecular weight is 301 g/mol. The third-order valence-electron chi connectivity index (χ3n) is 3.85. The number of pyridine rings is 1. The number of aliphatic hydroxyl groups is 1. The third kappa shape index (κ3) is 5.10. The van der Waals surface area contributed by atoms with E-state index in [-0.39, 0.29) is 0 Å². The Hall–Kier alpha value is -1.41.